The van der Waals surface area contributed by atoms with Gasteiger partial charge >= 0.3 is 5.97 Å². The lowest BCUT2D eigenvalue weighted by molar-refractivity contribution is 0.0697. The maximum Gasteiger partial charge on any atom is 0.335 e. The first-order valence-electron chi connectivity index (χ1n) is 6.18. The molecule has 20 heavy (non-hydrogen) atoms. The van der Waals surface area contributed by atoms with Crippen molar-refractivity contribution in [3.8, 4) is 0 Å². The first-order valence-corrected chi connectivity index (χ1v) is 6.18. The second-order valence-electron chi connectivity index (χ2n) is 5.20. The van der Waals surface area contributed by atoms with Crippen LogP contribution < -0.4 is 5.32 Å². The molecule has 0 saturated heterocycles. The van der Waals surface area contributed by atoms with Gasteiger partial charge in [0.1, 0.15) is 12.1 Å². The first-order chi connectivity index (χ1) is 9.43. The largest absolute Gasteiger partial charge is 0.478 e. The van der Waals surface area contributed by atoms with Crippen LogP contribution in [-0.2, 0) is 4.74 Å². The van der Waals surface area contributed by atoms with E-state index in [1.807, 2.05) is 13.8 Å². The lowest BCUT2D eigenvalue weighted by atomic mass is 10.1. The molecule has 2 aromatic rings. The molecule has 0 saturated carbocycles. The summed E-state index contributed by atoms with van der Waals surface area (Å²) in [6, 6.07) is 4.79. The Labute approximate surface area is 116 Å². The monoisotopic (exact) mass is 275 g/mol. The lowest BCUT2D eigenvalue weighted by Crippen LogP contribution is -2.36. The molecule has 0 amide bonds. The van der Waals surface area contributed by atoms with Gasteiger partial charge in [-0.2, -0.15) is 0 Å². The van der Waals surface area contributed by atoms with Crippen LogP contribution in [0.25, 0.3) is 10.9 Å². The average Bonchev–Trinajstić information content (AvgIpc) is 2.37. The number of methoxy groups -OCH3 is 1. The van der Waals surface area contributed by atoms with Crippen LogP contribution in [0.1, 0.15) is 24.2 Å². The molecule has 2 rings (SSSR count). The highest BCUT2D eigenvalue weighted by atomic mass is 16.5. The van der Waals surface area contributed by atoms with Crippen LogP contribution in [-0.4, -0.2) is 40.3 Å². The zero-order valence-electron chi connectivity index (χ0n) is 11.7. The van der Waals surface area contributed by atoms with Gasteiger partial charge in [0.15, 0.2) is 0 Å². The molecule has 0 spiro atoms. The Kier molecular flexibility index (Phi) is 3.85. The Hall–Kier alpha value is -2.21. The van der Waals surface area contributed by atoms with Crippen molar-refractivity contribution in [2.24, 2.45) is 0 Å². The van der Waals surface area contributed by atoms with Crippen LogP contribution in [0.4, 0.5) is 5.82 Å². The molecule has 1 aromatic carbocycles. The number of carbonyl (C=O) groups is 1. The fourth-order valence-electron chi connectivity index (χ4n) is 2.01. The minimum absolute atomic E-state index is 0.207. The van der Waals surface area contributed by atoms with Crippen LogP contribution in [0.2, 0.25) is 0 Å². The van der Waals surface area contributed by atoms with Crippen molar-refractivity contribution in [1.29, 1.82) is 0 Å². The highest BCUT2D eigenvalue weighted by molar-refractivity contribution is 5.96. The Balaban J connectivity index is 2.42. The van der Waals surface area contributed by atoms with Crippen molar-refractivity contribution >= 4 is 22.7 Å². The predicted octanol–water partition coefficient (Wildman–Crippen LogP) is 2.16. The minimum Gasteiger partial charge on any atom is -0.478 e. The van der Waals surface area contributed by atoms with Gasteiger partial charge in [-0.05, 0) is 32.0 Å². The molecule has 2 N–H and O–H groups in total. The summed E-state index contributed by atoms with van der Waals surface area (Å²) in [5.74, 6) is -0.311. The fraction of sp³-hybridized carbons (Fsp3) is 0.357. The predicted molar refractivity (Wildman–Crippen MR) is 76.1 cm³/mol. The van der Waals surface area contributed by atoms with Crippen LogP contribution in [0.5, 0.6) is 0 Å². The number of anilines is 1. The molecule has 0 radical (unpaired) electrons. The molecular weight excluding hydrogens is 258 g/mol. The zero-order chi connectivity index (χ0) is 14.8. The molecule has 0 aliphatic carbocycles. The fourth-order valence-corrected chi connectivity index (χ4v) is 2.01. The number of nitrogens with zero attached hydrogens (tertiary/aromatic N) is 2. The van der Waals surface area contributed by atoms with Crippen molar-refractivity contribution in [2.45, 2.75) is 19.4 Å². The molecule has 1 aromatic heterocycles. The van der Waals surface area contributed by atoms with E-state index in [4.69, 9.17) is 9.84 Å². The number of benzene rings is 1. The lowest BCUT2D eigenvalue weighted by Gasteiger charge is -2.26. The molecule has 6 heteroatoms. The van der Waals surface area contributed by atoms with Crippen molar-refractivity contribution in [3.63, 3.8) is 0 Å². The minimum atomic E-state index is -0.972. The van der Waals surface area contributed by atoms with Crippen LogP contribution in [0.15, 0.2) is 24.5 Å². The number of aromatic carboxylic acids is 1. The third-order valence-corrected chi connectivity index (χ3v) is 2.85. The van der Waals surface area contributed by atoms with E-state index in [1.165, 1.54) is 12.4 Å². The number of nitrogens with one attached hydrogen (secondary N) is 1. The first kappa shape index (κ1) is 14.2. The second-order valence-corrected chi connectivity index (χ2v) is 5.20. The number of ether oxygens (including phenoxy) is 1. The second kappa shape index (κ2) is 5.42. The van der Waals surface area contributed by atoms with Crippen molar-refractivity contribution in [2.75, 3.05) is 19.0 Å². The molecule has 0 aliphatic rings. The molecule has 106 valence electrons. The van der Waals surface area contributed by atoms with E-state index in [0.717, 1.165) is 5.39 Å². The van der Waals surface area contributed by atoms with Gasteiger partial charge in [0, 0.05) is 12.5 Å². The molecule has 6 nitrogen and oxygen atoms in total. The van der Waals surface area contributed by atoms with Gasteiger partial charge in [0.25, 0.3) is 0 Å². The molecular formula is C14H17N3O3. The van der Waals surface area contributed by atoms with Gasteiger partial charge in [-0.15, -0.1) is 0 Å². The van der Waals surface area contributed by atoms with Crippen LogP contribution in [0, 0.1) is 0 Å². The number of fused-ring (bicyclic) bond motifs is 1. The molecule has 0 fully saturated rings. The highest BCUT2D eigenvalue weighted by Crippen LogP contribution is 2.23. The number of hydrogen-bond acceptors (Lipinski definition) is 5. The number of carboxylic acid groups (broad SMARTS) is 1. The van der Waals surface area contributed by atoms with Crippen LogP contribution >= 0.6 is 0 Å². The summed E-state index contributed by atoms with van der Waals surface area (Å²) < 4.78 is 5.16. The van der Waals surface area contributed by atoms with E-state index in [-0.39, 0.29) is 11.1 Å². The summed E-state index contributed by atoms with van der Waals surface area (Å²) in [4.78, 5) is 19.3. The van der Waals surface area contributed by atoms with Crippen molar-refractivity contribution in [3.05, 3.63) is 30.1 Å². The van der Waals surface area contributed by atoms with Gasteiger partial charge in [-0.25, -0.2) is 14.8 Å². The Bertz CT molecular complexity index is 641. The summed E-state index contributed by atoms with van der Waals surface area (Å²) in [5.41, 5.74) is 0.510. The van der Waals surface area contributed by atoms with Gasteiger partial charge in [-0.1, -0.05) is 0 Å². The Morgan fingerprint density at radius 3 is 2.80 bits per heavy atom. The topological polar surface area (TPSA) is 84.3 Å². The molecule has 0 bridgehead atoms. The van der Waals surface area contributed by atoms with E-state index in [1.54, 1.807) is 19.2 Å². The van der Waals surface area contributed by atoms with Gasteiger partial charge in [0.05, 0.1) is 23.2 Å². The molecule has 0 atom stereocenters. The van der Waals surface area contributed by atoms with Gasteiger partial charge in [0.2, 0.25) is 0 Å². The van der Waals surface area contributed by atoms with Crippen molar-refractivity contribution in [1.82, 2.24) is 9.97 Å². The smallest absolute Gasteiger partial charge is 0.335 e. The third kappa shape index (κ3) is 3.03. The van der Waals surface area contributed by atoms with Gasteiger partial charge < -0.3 is 15.2 Å². The number of aromatic nitrogens is 2. The maximum absolute atomic E-state index is 11.0. The third-order valence-electron chi connectivity index (χ3n) is 2.85. The summed E-state index contributed by atoms with van der Waals surface area (Å²) in [5, 5.41) is 13.1. The highest BCUT2D eigenvalue weighted by Gasteiger charge is 2.19. The quantitative estimate of drug-likeness (QED) is 0.870. The van der Waals surface area contributed by atoms with Crippen molar-refractivity contribution < 1.29 is 14.6 Å². The maximum atomic E-state index is 11.0. The van der Waals surface area contributed by atoms with E-state index in [2.05, 4.69) is 15.3 Å². The zero-order valence-corrected chi connectivity index (χ0v) is 11.7. The summed E-state index contributed by atoms with van der Waals surface area (Å²) in [6.07, 6.45) is 1.42. The number of carboxylic acids is 1. The standard InChI is InChI=1S/C14H17N3O3/c1-14(2,7-20-3)17-12-10-5-4-9(13(18)19)6-11(10)15-8-16-12/h4-6,8H,7H2,1-3H3,(H,18,19)(H,15,16,17). The summed E-state index contributed by atoms with van der Waals surface area (Å²) in [7, 11) is 1.64. The van der Waals surface area contributed by atoms with E-state index < -0.39 is 5.97 Å². The van der Waals surface area contributed by atoms with Crippen LogP contribution in [0.3, 0.4) is 0 Å². The summed E-state index contributed by atoms with van der Waals surface area (Å²) >= 11 is 0. The molecule has 0 aliphatic heterocycles. The van der Waals surface area contributed by atoms with E-state index >= 15 is 0 Å². The Morgan fingerprint density at radius 1 is 1.40 bits per heavy atom. The SMILES string of the molecule is COCC(C)(C)Nc1ncnc2cc(C(=O)O)ccc12. The van der Waals surface area contributed by atoms with E-state index in [0.29, 0.717) is 17.9 Å². The number of rotatable bonds is 5. The summed E-state index contributed by atoms with van der Waals surface area (Å²) in [6.45, 7) is 4.51. The average molecular weight is 275 g/mol. The van der Waals surface area contributed by atoms with Gasteiger partial charge in [-0.3, -0.25) is 0 Å². The van der Waals surface area contributed by atoms with E-state index in [9.17, 15) is 4.79 Å². The molecule has 0 unspecified atom stereocenters. The molecule has 1 heterocycles. The normalized spacial score (nSPS) is 11.6. The number of hydrogen-bond donors (Lipinski definition) is 2. The Morgan fingerprint density at radius 2 is 2.15 bits per heavy atom.